The van der Waals surface area contributed by atoms with Gasteiger partial charge in [-0.05, 0) is 57.2 Å². The van der Waals surface area contributed by atoms with Gasteiger partial charge in [-0.15, -0.1) is 24.0 Å². The number of likely N-dealkylation sites (tertiary alicyclic amines) is 1. The summed E-state index contributed by atoms with van der Waals surface area (Å²) >= 11 is 0. The highest BCUT2D eigenvalue weighted by atomic mass is 127. The van der Waals surface area contributed by atoms with Crippen molar-refractivity contribution < 1.29 is 14.6 Å². The number of piperidine rings is 1. The van der Waals surface area contributed by atoms with Gasteiger partial charge in [0.1, 0.15) is 5.75 Å². The molecule has 1 aliphatic heterocycles. The molecule has 1 aromatic rings. The third-order valence-corrected chi connectivity index (χ3v) is 5.04. The standard InChI is InChI=1S/C23H38N4O3.HI/c1-5-24-23(25-13-12-22(29)27-14-6-7-18(4)16-27)26-15-21(28)19-8-10-20(11-9-19)30-17(2)3;/h8-11,17-18,21,28H,5-7,12-16H2,1-4H3,(H2,24,25,26);1H. The second kappa shape index (κ2) is 14.5. The fraction of sp³-hybridized carbons (Fsp3) is 0.652. The van der Waals surface area contributed by atoms with Crippen LogP contribution in [0.15, 0.2) is 29.3 Å². The Balaban J connectivity index is 0.00000480. The van der Waals surface area contributed by atoms with E-state index in [1.54, 1.807) is 0 Å². The van der Waals surface area contributed by atoms with E-state index in [9.17, 15) is 9.90 Å². The molecular weight excluding hydrogens is 507 g/mol. The summed E-state index contributed by atoms with van der Waals surface area (Å²) < 4.78 is 5.63. The highest BCUT2D eigenvalue weighted by Crippen LogP contribution is 2.19. The maximum Gasteiger partial charge on any atom is 0.224 e. The Hall–Kier alpha value is -1.55. The van der Waals surface area contributed by atoms with Gasteiger partial charge in [0.05, 0.1) is 18.8 Å². The van der Waals surface area contributed by atoms with E-state index in [1.165, 1.54) is 6.42 Å². The van der Waals surface area contributed by atoms with Gasteiger partial charge >= 0.3 is 0 Å². The number of amides is 1. The molecular formula is C23H39IN4O3. The number of aliphatic hydroxyl groups is 1. The minimum atomic E-state index is -0.704. The van der Waals surface area contributed by atoms with E-state index < -0.39 is 6.10 Å². The van der Waals surface area contributed by atoms with Crippen molar-refractivity contribution in [3.63, 3.8) is 0 Å². The Labute approximate surface area is 204 Å². The first kappa shape index (κ1) is 27.5. The van der Waals surface area contributed by atoms with Gasteiger partial charge in [-0.1, -0.05) is 19.1 Å². The van der Waals surface area contributed by atoms with Gasteiger partial charge in [-0.2, -0.15) is 0 Å². The quantitative estimate of drug-likeness (QED) is 0.252. The Morgan fingerprint density at radius 3 is 2.61 bits per heavy atom. The van der Waals surface area contributed by atoms with Gasteiger partial charge in [0.15, 0.2) is 5.96 Å². The van der Waals surface area contributed by atoms with Crippen LogP contribution in [0.1, 0.15) is 58.6 Å². The number of ether oxygens (including phenoxy) is 1. The number of carbonyl (C=O) groups excluding carboxylic acids is 1. The Morgan fingerprint density at radius 1 is 1.29 bits per heavy atom. The summed E-state index contributed by atoms with van der Waals surface area (Å²) in [5, 5.41) is 16.8. The molecule has 1 heterocycles. The third kappa shape index (κ3) is 10.1. The summed E-state index contributed by atoms with van der Waals surface area (Å²) in [6.07, 6.45) is 2.15. The van der Waals surface area contributed by atoms with Crippen molar-refractivity contribution in [2.75, 3.05) is 32.7 Å². The van der Waals surface area contributed by atoms with E-state index in [-0.39, 0.29) is 42.5 Å². The SMILES string of the molecule is CCNC(=NCC(O)c1ccc(OC(C)C)cc1)NCCC(=O)N1CCCC(C)C1.I. The fourth-order valence-corrected chi connectivity index (χ4v) is 3.53. The van der Waals surface area contributed by atoms with E-state index in [2.05, 4.69) is 22.5 Å². The number of hydrogen-bond donors (Lipinski definition) is 3. The molecule has 176 valence electrons. The average Bonchev–Trinajstić information content (AvgIpc) is 2.71. The van der Waals surface area contributed by atoms with Crippen LogP contribution >= 0.6 is 24.0 Å². The smallest absolute Gasteiger partial charge is 0.224 e. The highest BCUT2D eigenvalue weighted by Gasteiger charge is 2.20. The van der Waals surface area contributed by atoms with Gasteiger partial charge in [0.25, 0.3) is 0 Å². The molecule has 1 saturated heterocycles. The molecule has 0 aromatic heterocycles. The van der Waals surface area contributed by atoms with Gasteiger partial charge in [-0.3, -0.25) is 9.79 Å². The van der Waals surface area contributed by atoms with Crippen LogP contribution in [0.4, 0.5) is 0 Å². The number of aliphatic imine (C=N–C) groups is 1. The first-order chi connectivity index (χ1) is 14.4. The van der Waals surface area contributed by atoms with Gasteiger partial charge in [0, 0.05) is 32.6 Å². The molecule has 0 bridgehead atoms. The lowest BCUT2D eigenvalue weighted by Crippen LogP contribution is -2.42. The van der Waals surface area contributed by atoms with Crippen LogP contribution < -0.4 is 15.4 Å². The molecule has 0 aliphatic carbocycles. The third-order valence-electron chi connectivity index (χ3n) is 5.04. The summed E-state index contributed by atoms with van der Waals surface area (Å²) in [6.45, 7) is 11.3. The summed E-state index contributed by atoms with van der Waals surface area (Å²) in [4.78, 5) is 18.8. The molecule has 0 spiro atoms. The highest BCUT2D eigenvalue weighted by molar-refractivity contribution is 14.0. The number of rotatable bonds is 9. The Kier molecular flexibility index (Phi) is 12.9. The van der Waals surface area contributed by atoms with E-state index >= 15 is 0 Å². The van der Waals surface area contributed by atoms with Crippen LogP contribution in [-0.2, 0) is 4.79 Å². The number of guanidine groups is 1. The molecule has 7 nitrogen and oxygen atoms in total. The van der Waals surface area contributed by atoms with Gasteiger partial charge in [-0.25, -0.2) is 0 Å². The number of benzene rings is 1. The number of hydrogen-bond acceptors (Lipinski definition) is 4. The maximum atomic E-state index is 12.4. The second-order valence-electron chi connectivity index (χ2n) is 8.23. The molecule has 1 fully saturated rings. The topological polar surface area (TPSA) is 86.2 Å². The lowest BCUT2D eigenvalue weighted by atomic mass is 10.00. The first-order valence-electron chi connectivity index (χ1n) is 11.1. The summed E-state index contributed by atoms with van der Waals surface area (Å²) in [6, 6.07) is 7.44. The van der Waals surface area contributed by atoms with E-state index in [0.717, 1.165) is 30.8 Å². The molecule has 1 amide bonds. The fourth-order valence-electron chi connectivity index (χ4n) is 3.53. The van der Waals surface area contributed by atoms with Crippen molar-refractivity contribution in [2.45, 2.75) is 59.2 Å². The van der Waals surface area contributed by atoms with Crippen molar-refractivity contribution in [1.29, 1.82) is 0 Å². The normalized spacial score (nSPS) is 17.7. The van der Waals surface area contributed by atoms with Gasteiger partial charge in [0.2, 0.25) is 5.91 Å². The lowest BCUT2D eigenvalue weighted by Gasteiger charge is -2.31. The summed E-state index contributed by atoms with van der Waals surface area (Å²) in [5.41, 5.74) is 0.792. The maximum absolute atomic E-state index is 12.4. The minimum absolute atomic E-state index is 0. The summed E-state index contributed by atoms with van der Waals surface area (Å²) in [5.74, 6) is 2.17. The molecule has 2 rings (SSSR count). The molecule has 0 saturated carbocycles. The van der Waals surface area contributed by atoms with E-state index in [0.29, 0.717) is 31.4 Å². The van der Waals surface area contributed by atoms with Crippen LogP contribution in [0.2, 0.25) is 0 Å². The molecule has 2 atom stereocenters. The van der Waals surface area contributed by atoms with Crippen molar-refractivity contribution in [1.82, 2.24) is 15.5 Å². The lowest BCUT2D eigenvalue weighted by molar-refractivity contribution is -0.132. The van der Waals surface area contributed by atoms with Crippen molar-refractivity contribution in [2.24, 2.45) is 10.9 Å². The van der Waals surface area contributed by atoms with Crippen LogP contribution in [0.3, 0.4) is 0 Å². The predicted molar refractivity (Wildman–Crippen MR) is 136 cm³/mol. The molecule has 3 N–H and O–H groups in total. The van der Waals surface area contributed by atoms with Crippen molar-refractivity contribution >= 4 is 35.8 Å². The molecule has 8 heteroatoms. The number of carbonyl (C=O) groups is 1. The van der Waals surface area contributed by atoms with Crippen molar-refractivity contribution in [3.8, 4) is 5.75 Å². The minimum Gasteiger partial charge on any atom is -0.491 e. The van der Waals surface area contributed by atoms with Crippen molar-refractivity contribution in [3.05, 3.63) is 29.8 Å². The summed E-state index contributed by atoms with van der Waals surface area (Å²) in [7, 11) is 0. The largest absolute Gasteiger partial charge is 0.491 e. The zero-order chi connectivity index (χ0) is 21.9. The van der Waals surface area contributed by atoms with Gasteiger partial charge < -0.3 is 25.4 Å². The van der Waals surface area contributed by atoms with Crippen LogP contribution in [0.25, 0.3) is 0 Å². The Morgan fingerprint density at radius 2 is 2.00 bits per heavy atom. The molecule has 31 heavy (non-hydrogen) atoms. The molecule has 0 radical (unpaired) electrons. The Bertz CT molecular complexity index is 682. The number of halogens is 1. The first-order valence-corrected chi connectivity index (χ1v) is 11.1. The molecule has 1 aromatic carbocycles. The molecule has 1 aliphatic rings. The average molecular weight is 546 g/mol. The number of aliphatic hydroxyl groups excluding tert-OH is 1. The monoisotopic (exact) mass is 546 g/mol. The zero-order valence-electron chi connectivity index (χ0n) is 19.3. The number of nitrogens with one attached hydrogen (secondary N) is 2. The van der Waals surface area contributed by atoms with Crippen LogP contribution in [0.5, 0.6) is 5.75 Å². The van der Waals surface area contributed by atoms with E-state index in [4.69, 9.17) is 4.74 Å². The predicted octanol–water partition coefficient (Wildman–Crippen LogP) is 3.33. The molecule has 2 unspecified atom stereocenters. The van der Waals surface area contributed by atoms with Crippen LogP contribution in [0, 0.1) is 5.92 Å². The number of nitrogens with zero attached hydrogens (tertiary/aromatic N) is 2. The zero-order valence-corrected chi connectivity index (χ0v) is 21.6. The second-order valence-corrected chi connectivity index (χ2v) is 8.23. The van der Waals surface area contributed by atoms with Crippen LogP contribution in [-0.4, -0.2) is 60.7 Å². The van der Waals surface area contributed by atoms with E-state index in [1.807, 2.05) is 49.9 Å².